The van der Waals surface area contributed by atoms with Crippen molar-refractivity contribution < 1.29 is 28.5 Å². The quantitative estimate of drug-likeness (QED) is 0.150. The minimum Gasteiger partial charge on any atom is -0.358 e. The van der Waals surface area contributed by atoms with E-state index in [4.69, 9.17) is 18.9 Å². The Bertz CT molecular complexity index is 818. The summed E-state index contributed by atoms with van der Waals surface area (Å²) in [5.74, 6) is 0.348. The van der Waals surface area contributed by atoms with Gasteiger partial charge in [-0.25, -0.2) is 0 Å². The molecule has 0 aromatic carbocycles. The van der Waals surface area contributed by atoms with Gasteiger partial charge in [0.2, 0.25) is 5.91 Å². The number of allylic oxidation sites excluding steroid dienone is 3. The first-order chi connectivity index (χ1) is 17.4. The van der Waals surface area contributed by atoms with Gasteiger partial charge in [-0.05, 0) is 25.7 Å². The van der Waals surface area contributed by atoms with Crippen LogP contribution < -0.4 is 5.32 Å². The van der Waals surface area contributed by atoms with Gasteiger partial charge in [0.15, 0.2) is 12.1 Å². The van der Waals surface area contributed by atoms with Crippen LogP contribution in [-0.4, -0.2) is 60.6 Å². The molecule has 0 aromatic heterocycles. The molecule has 1 spiro atoms. The van der Waals surface area contributed by atoms with Gasteiger partial charge in [-0.2, -0.15) is 0 Å². The summed E-state index contributed by atoms with van der Waals surface area (Å²) in [6, 6.07) is -0.321. The van der Waals surface area contributed by atoms with Crippen molar-refractivity contribution in [2.24, 2.45) is 5.92 Å². The summed E-state index contributed by atoms with van der Waals surface area (Å²) in [6.45, 7) is 9.25. The van der Waals surface area contributed by atoms with Gasteiger partial charge in [-0.1, -0.05) is 83.4 Å². The molecule has 36 heavy (non-hydrogen) atoms. The third kappa shape index (κ3) is 6.47. The number of epoxide rings is 2. The average Bonchev–Trinajstić information content (AvgIpc) is 3.77. The molecule has 7 atom stereocenters. The monoisotopic (exact) mass is 503 g/mol. The zero-order chi connectivity index (χ0) is 25.7. The predicted octanol–water partition coefficient (Wildman–Crippen LogP) is 4.78. The second kappa shape index (κ2) is 12.3. The van der Waals surface area contributed by atoms with E-state index in [1.165, 1.54) is 38.5 Å². The molecule has 7 heteroatoms. The molecular weight excluding hydrogens is 458 g/mol. The number of rotatable bonds is 15. The molecule has 202 valence electrons. The first-order valence-corrected chi connectivity index (χ1v) is 14.2. The Morgan fingerprint density at radius 2 is 1.72 bits per heavy atom. The molecule has 7 nitrogen and oxygen atoms in total. The van der Waals surface area contributed by atoms with Gasteiger partial charge >= 0.3 is 0 Å². The summed E-state index contributed by atoms with van der Waals surface area (Å²) in [4.78, 5) is 25.1. The van der Waals surface area contributed by atoms with Crippen molar-refractivity contribution in [3.05, 3.63) is 23.8 Å². The molecule has 0 aromatic rings. The van der Waals surface area contributed by atoms with Crippen molar-refractivity contribution >= 4 is 11.7 Å². The molecule has 7 unspecified atom stereocenters. The van der Waals surface area contributed by atoms with Crippen LogP contribution in [0.25, 0.3) is 0 Å². The van der Waals surface area contributed by atoms with Crippen LogP contribution in [0.15, 0.2) is 23.8 Å². The van der Waals surface area contributed by atoms with E-state index in [0.717, 1.165) is 24.8 Å². The Labute approximate surface area is 216 Å². The summed E-state index contributed by atoms with van der Waals surface area (Å²) >= 11 is 0. The Morgan fingerprint density at radius 1 is 1.06 bits per heavy atom. The molecule has 1 saturated carbocycles. The summed E-state index contributed by atoms with van der Waals surface area (Å²) < 4.78 is 23.9. The van der Waals surface area contributed by atoms with Crippen molar-refractivity contribution in [3.63, 3.8) is 0 Å². The normalized spacial score (nSPS) is 35.7. The number of unbranched alkanes of at least 4 members (excludes halogenated alkanes) is 6. The number of hydrogen-bond donors (Lipinski definition) is 1. The minimum absolute atomic E-state index is 0.0218. The second-order valence-electron chi connectivity index (χ2n) is 11.1. The number of hydrogen-bond acceptors (Lipinski definition) is 6. The average molecular weight is 504 g/mol. The second-order valence-corrected chi connectivity index (χ2v) is 11.1. The van der Waals surface area contributed by atoms with E-state index in [2.05, 4.69) is 32.2 Å². The fourth-order valence-corrected chi connectivity index (χ4v) is 5.79. The Hall–Kier alpha value is -1.54. The molecule has 1 N–H and O–H groups in total. The number of ketones is 1. The third-order valence-electron chi connectivity index (χ3n) is 7.88. The van der Waals surface area contributed by atoms with Crippen molar-refractivity contribution in [2.75, 3.05) is 6.61 Å². The molecule has 3 aliphatic heterocycles. The van der Waals surface area contributed by atoms with Crippen LogP contribution in [0.3, 0.4) is 0 Å². The maximum atomic E-state index is 12.8. The smallest absolute Gasteiger partial charge is 0.244 e. The summed E-state index contributed by atoms with van der Waals surface area (Å²) in [7, 11) is 0. The molecule has 3 heterocycles. The van der Waals surface area contributed by atoms with Crippen LogP contribution in [0.1, 0.15) is 91.9 Å². The Balaban J connectivity index is 1.32. The van der Waals surface area contributed by atoms with E-state index in [1.807, 2.05) is 13.0 Å². The highest BCUT2D eigenvalue weighted by atomic mass is 16.7. The molecule has 1 amide bonds. The lowest BCUT2D eigenvalue weighted by molar-refractivity contribution is -0.186. The number of amides is 1. The number of fused-ring (bicyclic) bond motifs is 4. The van der Waals surface area contributed by atoms with E-state index in [0.29, 0.717) is 18.9 Å². The van der Waals surface area contributed by atoms with Gasteiger partial charge in [0.25, 0.3) is 0 Å². The van der Waals surface area contributed by atoms with Gasteiger partial charge in [0, 0.05) is 19.1 Å². The number of ether oxygens (including phenoxy) is 4. The van der Waals surface area contributed by atoms with Crippen LogP contribution in [0.2, 0.25) is 0 Å². The van der Waals surface area contributed by atoms with E-state index < -0.39 is 24.1 Å². The molecule has 0 bridgehead atoms. The lowest BCUT2D eigenvalue weighted by atomic mass is 9.81. The van der Waals surface area contributed by atoms with Crippen molar-refractivity contribution in [2.45, 2.75) is 134 Å². The van der Waals surface area contributed by atoms with Crippen LogP contribution >= 0.6 is 0 Å². The molecule has 3 saturated heterocycles. The Kier molecular flexibility index (Phi) is 9.42. The first kappa shape index (κ1) is 27.5. The Morgan fingerprint density at radius 3 is 2.39 bits per heavy atom. The standard InChI is InChI=1S/C29H45NO6/c1-5-7-9-11-13-19(3)17-20(4)14-15-22(31)30-21-18-29(36-28(21)33-16-12-10-8-6-2)26-24(34-26)23(32)25-27(29)35-25/h14-15,17,19,21,24-28H,5-13,16,18H2,1-4H3,(H,30,31)/b15-14+,20-17+. The first-order valence-electron chi connectivity index (χ1n) is 14.2. The summed E-state index contributed by atoms with van der Waals surface area (Å²) in [5, 5.41) is 3.10. The van der Waals surface area contributed by atoms with Crippen LogP contribution in [0, 0.1) is 5.92 Å². The van der Waals surface area contributed by atoms with Gasteiger partial charge in [0.05, 0.1) is 6.04 Å². The van der Waals surface area contributed by atoms with Gasteiger partial charge in [0.1, 0.15) is 30.0 Å². The lowest BCUT2D eigenvalue weighted by Gasteiger charge is -2.27. The summed E-state index contributed by atoms with van der Waals surface area (Å²) in [5.41, 5.74) is 0.368. The van der Waals surface area contributed by atoms with Crippen molar-refractivity contribution in [3.8, 4) is 0 Å². The van der Waals surface area contributed by atoms with Crippen molar-refractivity contribution in [1.29, 1.82) is 0 Å². The molecule has 4 aliphatic rings. The molecule has 4 rings (SSSR count). The molecular formula is C29H45NO6. The van der Waals surface area contributed by atoms with Crippen molar-refractivity contribution in [1.82, 2.24) is 5.32 Å². The van der Waals surface area contributed by atoms with E-state index >= 15 is 0 Å². The molecule has 0 radical (unpaired) electrons. The van der Waals surface area contributed by atoms with E-state index in [1.54, 1.807) is 6.08 Å². The highest BCUT2D eigenvalue weighted by Gasteiger charge is 2.79. The summed E-state index contributed by atoms with van der Waals surface area (Å²) in [6.07, 6.45) is 14.8. The number of nitrogens with one attached hydrogen (secondary N) is 1. The highest BCUT2D eigenvalue weighted by Crippen LogP contribution is 2.57. The lowest BCUT2D eigenvalue weighted by Crippen LogP contribution is -2.49. The fraction of sp³-hybridized carbons (Fsp3) is 0.793. The minimum atomic E-state index is -0.720. The molecule has 4 fully saturated rings. The van der Waals surface area contributed by atoms with Gasteiger partial charge < -0.3 is 24.3 Å². The predicted molar refractivity (Wildman–Crippen MR) is 137 cm³/mol. The van der Waals surface area contributed by atoms with E-state index in [-0.39, 0.29) is 29.9 Å². The van der Waals surface area contributed by atoms with Gasteiger partial charge in [-0.15, -0.1) is 0 Å². The third-order valence-corrected chi connectivity index (χ3v) is 7.88. The maximum absolute atomic E-state index is 12.8. The zero-order valence-electron chi connectivity index (χ0n) is 22.5. The SMILES string of the molecule is CCCCCCOC1OC2(CC1NC(=O)/C=C/C(C)=C/C(C)CCCCCC)C1OC1C(=O)C1OC12. The maximum Gasteiger partial charge on any atom is 0.244 e. The van der Waals surface area contributed by atoms with Crippen LogP contribution in [0.5, 0.6) is 0 Å². The van der Waals surface area contributed by atoms with E-state index in [9.17, 15) is 9.59 Å². The topological polar surface area (TPSA) is 89.7 Å². The fourth-order valence-electron chi connectivity index (χ4n) is 5.79. The van der Waals surface area contributed by atoms with Gasteiger partial charge in [-0.3, -0.25) is 9.59 Å². The number of carbonyl (C=O) groups is 2. The van der Waals surface area contributed by atoms with Crippen LogP contribution in [0.4, 0.5) is 0 Å². The molecule has 1 aliphatic carbocycles. The number of Topliss-reactive ketones (excluding diaryl/α,β-unsaturated/α-hetero) is 1. The largest absolute Gasteiger partial charge is 0.358 e. The zero-order valence-corrected chi connectivity index (χ0v) is 22.5. The number of carbonyl (C=O) groups excluding carboxylic acids is 2. The highest BCUT2D eigenvalue weighted by molar-refractivity contribution is 5.94. The van der Waals surface area contributed by atoms with Crippen LogP contribution in [-0.2, 0) is 28.5 Å².